The second-order valence-electron chi connectivity index (χ2n) is 5.63. The van der Waals surface area contributed by atoms with Crippen LogP contribution in [0.15, 0.2) is 18.2 Å². The summed E-state index contributed by atoms with van der Waals surface area (Å²) >= 11 is 0. The highest BCUT2D eigenvalue weighted by Crippen LogP contribution is 2.28. The Bertz CT molecular complexity index is 668. The van der Waals surface area contributed by atoms with Gasteiger partial charge in [-0.1, -0.05) is 6.92 Å². The first-order valence-corrected chi connectivity index (χ1v) is 7.21. The van der Waals surface area contributed by atoms with Crippen molar-refractivity contribution >= 4 is 22.7 Å². The Morgan fingerprint density at radius 3 is 3.10 bits per heavy atom. The van der Waals surface area contributed by atoms with Gasteiger partial charge in [-0.3, -0.25) is 10.1 Å². The minimum Gasteiger partial charge on any atom is -0.338 e. The van der Waals surface area contributed by atoms with Crippen LogP contribution in [-0.4, -0.2) is 34.0 Å². The molecule has 7 nitrogen and oxygen atoms in total. The minimum absolute atomic E-state index is 0.0695. The SMILES string of the molecule is CC1CCCN(c2nc3ccc([N+](=O)[O-])cc3[nH]2)C1CN. The van der Waals surface area contributed by atoms with Gasteiger partial charge in [0.25, 0.3) is 5.69 Å². The van der Waals surface area contributed by atoms with E-state index in [9.17, 15) is 10.1 Å². The molecule has 0 aliphatic carbocycles. The molecular formula is C14H19N5O2. The highest BCUT2D eigenvalue weighted by Gasteiger charge is 2.29. The number of non-ortho nitro benzene ring substituents is 1. The van der Waals surface area contributed by atoms with E-state index in [0.29, 0.717) is 18.0 Å². The molecule has 0 radical (unpaired) electrons. The largest absolute Gasteiger partial charge is 0.338 e. The van der Waals surface area contributed by atoms with Crippen LogP contribution >= 0.6 is 0 Å². The normalized spacial score (nSPS) is 22.7. The fourth-order valence-electron chi connectivity index (χ4n) is 3.11. The lowest BCUT2D eigenvalue weighted by Gasteiger charge is -2.39. The first kappa shape index (κ1) is 13.8. The first-order chi connectivity index (χ1) is 10.1. The molecule has 0 bridgehead atoms. The quantitative estimate of drug-likeness (QED) is 0.665. The van der Waals surface area contributed by atoms with Gasteiger partial charge in [-0.15, -0.1) is 0 Å². The van der Waals surface area contributed by atoms with E-state index in [1.165, 1.54) is 18.6 Å². The molecule has 7 heteroatoms. The number of aromatic amines is 1. The smallest absolute Gasteiger partial charge is 0.271 e. The summed E-state index contributed by atoms with van der Waals surface area (Å²) in [6.07, 6.45) is 2.28. The molecule has 1 aromatic heterocycles. The van der Waals surface area contributed by atoms with E-state index < -0.39 is 4.92 Å². The number of fused-ring (bicyclic) bond motifs is 1. The highest BCUT2D eigenvalue weighted by molar-refractivity contribution is 5.80. The maximum atomic E-state index is 10.8. The van der Waals surface area contributed by atoms with Crippen molar-refractivity contribution < 1.29 is 4.92 Å². The van der Waals surface area contributed by atoms with Gasteiger partial charge in [0.2, 0.25) is 5.95 Å². The Morgan fingerprint density at radius 1 is 1.57 bits per heavy atom. The second kappa shape index (κ2) is 5.33. The van der Waals surface area contributed by atoms with Crippen LogP contribution in [0.3, 0.4) is 0 Å². The minimum atomic E-state index is -0.397. The molecule has 0 amide bonds. The zero-order valence-corrected chi connectivity index (χ0v) is 12.0. The summed E-state index contributed by atoms with van der Waals surface area (Å²) in [5.74, 6) is 1.28. The molecule has 3 N–H and O–H groups in total. The van der Waals surface area contributed by atoms with Gasteiger partial charge in [-0.25, -0.2) is 4.98 Å². The van der Waals surface area contributed by atoms with Gasteiger partial charge < -0.3 is 15.6 Å². The number of nitrogens with one attached hydrogen (secondary N) is 1. The molecule has 0 saturated carbocycles. The monoisotopic (exact) mass is 289 g/mol. The van der Waals surface area contributed by atoms with Crippen molar-refractivity contribution in [3.05, 3.63) is 28.3 Å². The molecule has 1 aliphatic heterocycles. The number of rotatable bonds is 3. The van der Waals surface area contributed by atoms with Crippen LogP contribution < -0.4 is 10.6 Å². The van der Waals surface area contributed by atoms with Crippen LogP contribution in [0.4, 0.5) is 11.6 Å². The molecule has 112 valence electrons. The number of nitro benzene ring substituents is 1. The van der Waals surface area contributed by atoms with E-state index in [2.05, 4.69) is 21.8 Å². The summed E-state index contributed by atoms with van der Waals surface area (Å²) < 4.78 is 0. The Morgan fingerprint density at radius 2 is 2.38 bits per heavy atom. The Labute approximate surface area is 122 Å². The number of nitrogens with zero attached hydrogens (tertiary/aromatic N) is 3. The average Bonchev–Trinajstić information content (AvgIpc) is 2.89. The van der Waals surface area contributed by atoms with Crippen molar-refractivity contribution in [2.24, 2.45) is 11.7 Å². The maximum Gasteiger partial charge on any atom is 0.271 e. The molecule has 2 aromatic rings. The second-order valence-corrected chi connectivity index (χ2v) is 5.63. The average molecular weight is 289 g/mol. The molecule has 2 atom stereocenters. The van der Waals surface area contributed by atoms with Gasteiger partial charge in [-0.05, 0) is 24.8 Å². The predicted molar refractivity (Wildman–Crippen MR) is 81.3 cm³/mol. The number of nitrogens with two attached hydrogens (primary N) is 1. The summed E-state index contributed by atoms with van der Waals surface area (Å²) in [6.45, 7) is 3.70. The van der Waals surface area contributed by atoms with Crippen LogP contribution in [0.5, 0.6) is 0 Å². The van der Waals surface area contributed by atoms with Crippen molar-refractivity contribution in [2.75, 3.05) is 18.0 Å². The summed E-state index contributed by atoms with van der Waals surface area (Å²) in [5, 5.41) is 10.8. The van der Waals surface area contributed by atoms with E-state index >= 15 is 0 Å². The van der Waals surface area contributed by atoms with Gasteiger partial charge in [0, 0.05) is 31.3 Å². The van der Waals surface area contributed by atoms with Crippen molar-refractivity contribution in [2.45, 2.75) is 25.8 Å². The predicted octanol–water partition coefficient (Wildman–Crippen LogP) is 2.03. The number of anilines is 1. The first-order valence-electron chi connectivity index (χ1n) is 7.21. The summed E-state index contributed by atoms with van der Waals surface area (Å²) in [5.41, 5.74) is 7.40. The maximum absolute atomic E-state index is 10.8. The lowest BCUT2D eigenvalue weighted by atomic mass is 9.91. The van der Waals surface area contributed by atoms with Crippen LogP contribution in [-0.2, 0) is 0 Å². The van der Waals surface area contributed by atoms with E-state index in [4.69, 9.17) is 5.73 Å². The standard InChI is InChI=1S/C14H19N5O2/c1-9-3-2-6-18(13(9)8-15)14-16-11-5-4-10(19(20)21)7-12(11)17-14/h4-5,7,9,13H,2-3,6,8,15H2,1H3,(H,16,17). The van der Waals surface area contributed by atoms with E-state index in [1.54, 1.807) is 6.07 Å². The summed E-state index contributed by atoms with van der Waals surface area (Å²) in [4.78, 5) is 20.4. The van der Waals surface area contributed by atoms with Crippen molar-refractivity contribution in [3.8, 4) is 0 Å². The van der Waals surface area contributed by atoms with Gasteiger partial charge in [0.1, 0.15) is 0 Å². The van der Waals surface area contributed by atoms with Crippen molar-refractivity contribution in [1.82, 2.24) is 9.97 Å². The van der Waals surface area contributed by atoms with Crippen LogP contribution in [0.2, 0.25) is 0 Å². The fraction of sp³-hybridized carbons (Fsp3) is 0.500. The molecule has 0 spiro atoms. The van der Waals surface area contributed by atoms with Gasteiger partial charge >= 0.3 is 0 Å². The van der Waals surface area contributed by atoms with Crippen molar-refractivity contribution in [3.63, 3.8) is 0 Å². The number of benzene rings is 1. The number of hydrogen-bond acceptors (Lipinski definition) is 5. The lowest BCUT2D eigenvalue weighted by molar-refractivity contribution is -0.384. The molecule has 1 aliphatic rings. The van der Waals surface area contributed by atoms with Crippen LogP contribution in [0.25, 0.3) is 11.0 Å². The number of imidazole rings is 1. The molecule has 2 unspecified atom stereocenters. The zero-order valence-electron chi connectivity index (χ0n) is 12.0. The molecule has 3 rings (SSSR count). The molecule has 1 fully saturated rings. The molecule has 1 aromatic carbocycles. The lowest BCUT2D eigenvalue weighted by Crippen LogP contribution is -2.49. The summed E-state index contributed by atoms with van der Waals surface area (Å²) in [6, 6.07) is 4.94. The molecule has 2 heterocycles. The zero-order chi connectivity index (χ0) is 15.0. The number of hydrogen-bond donors (Lipinski definition) is 2. The third kappa shape index (κ3) is 2.44. The Kier molecular flexibility index (Phi) is 3.50. The van der Waals surface area contributed by atoms with Crippen molar-refractivity contribution in [1.29, 1.82) is 0 Å². The molecular weight excluding hydrogens is 270 g/mol. The van der Waals surface area contributed by atoms with E-state index in [-0.39, 0.29) is 11.7 Å². The van der Waals surface area contributed by atoms with Crippen LogP contribution in [0, 0.1) is 16.0 Å². The Balaban J connectivity index is 1.98. The number of aromatic nitrogens is 2. The van der Waals surface area contributed by atoms with Crippen LogP contribution in [0.1, 0.15) is 19.8 Å². The van der Waals surface area contributed by atoms with Gasteiger partial charge in [0.15, 0.2) is 0 Å². The summed E-state index contributed by atoms with van der Waals surface area (Å²) in [7, 11) is 0. The fourth-order valence-corrected chi connectivity index (χ4v) is 3.11. The third-order valence-electron chi connectivity index (χ3n) is 4.29. The molecule has 21 heavy (non-hydrogen) atoms. The third-order valence-corrected chi connectivity index (χ3v) is 4.29. The number of H-pyrrole nitrogens is 1. The number of nitro groups is 1. The number of piperidine rings is 1. The molecule has 1 saturated heterocycles. The van der Waals surface area contributed by atoms with Gasteiger partial charge in [-0.2, -0.15) is 0 Å². The van der Waals surface area contributed by atoms with E-state index in [1.807, 2.05) is 0 Å². The Hall–Kier alpha value is -2.15. The topological polar surface area (TPSA) is 101 Å². The van der Waals surface area contributed by atoms with Gasteiger partial charge in [0.05, 0.1) is 16.0 Å². The highest BCUT2D eigenvalue weighted by atomic mass is 16.6. The van der Waals surface area contributed by atoms with E-state index in [0.717, 1.165) is 24.4 Å².